The van der Waals surface area contributed by atoms with E-state index in [0.717, 1.165) is 38.4 Å². The molecule has 2 heterocycles. The van der Waals surface area contributed by atoms with Crippen LogP contribution in [0, 0.1) is 6.92 Å². The van der Waals surface area contributed by atoms with Crippen molar-refractivity contribution in [1.82, 2.24) is 15.6 Å². The monoisotopic (exact) mass is 465 g/mol. The highest BCUT2D eigenvalue weighted by Crippen LogP contribution is 2.20. The summed E-state index contributed by atoms with van der Waals surface area (Å²) in [7, 11) is 1.83. The third kappa shape index (κ3) is 5.86. The van der Waals surface area contributed by atoms with E-state index in [1.165, 1.54) is 16.8 Å². The Morgan fingerprint density at radius 3 is 2.77 bits per heavy atom. The van der Waals surface area contributed by atoms with Gasteiger partial charge in [-0.3, -0.25) is 9.98 Å². The Kier molecular flexibility index (Phi) is 8.15. The number of rotatable bonds is 5. The van der Waals surface area contributed by atoms with Crippen molar-refractivity contribution in [2.75, 3.05) is 31.6 Å². The van der Waals surface area contributed by atoms with E-state index in [4.69, 9.17) is 0 Å². The van der Waals surface area contributed by atoms with Gasteiger partial charge in [-0.25, -0.2) is 0 Å². The average Bonchev–Trinajstić information content (AvgIpc) is 3.11. The van der Waals surface area contributed by atoms with Gasteiger partial charge >= 0.3 is 0 Å². The first kappa shape index (κ1) is 20.5. The van der Waals surface area contributed by atoms with Crippen LogP contribution in [0.4, 0.5) is 5.69 Å². The number of hydrogen-bond donors (Lipinski definition) is 2. The first-order chi connectivity index (χ1) is 12.2. The van der Waals surface area contributed by atoms with Crippen LogP contribution in [0.1, 0.15) is 17.5 Å². The number of nitrogens with zero attached hydrogens (tertiary/aromatic N) is 3. The van der Waals surface area contributed by atoms with Gasteiger partial charge < -0.3 is 15.5 Å². The molecule has 1 saturated heterocycles. The highest BCUT2D eigenvalue weighted by Gasteiger charge is 2.23. The lowest BCUT2D eigenvalue weighted by atomic mass is 10.2. The zero-order valence-electron chi connectivity index (χ0n) is 15.5. The van der Waals surface area contributed by atoms with Crippen LogP contribution in [0.2, 0.25) is 0 Å². The minimum Gasteiger partial charge on any atom is -0.369 e. The molecule has 1 unspecified atom stereocenters. The fraction of sp³-hybridized carbons (Fsp3) is 0.400. The predicted molar refractivity (Wildman–Crippen MR) is 120 cm³/mol. The van der Waals surface area contributed by atoms with Crippen molar-refractivity contribution in [2.24, 2.45) is 4.99 Å². The van der Waals surface area contributed by atoms with Gasteiger partial charge in [-0.1, -0.05) is 23.8 Å². The molecule has 5 nitrogen and oxygen atoms in total. The van der Waals surface area contributed by atoms with Gasteiger partial charge in [0.05, 0.1) is 0 Å². The Balaban J connectivity index is 0.00000243. The summed E-state index contributed by atoms with van der Waals surface area (Å²) in [5.41, 5.74) is 3.84. The van der Waals surface area contributed by atoms with Crippen molar-refractivity contribution in [3.8, 4) is 0 Å². The zero-order valence-corrected chi connectivity index (χ0v) is 17.8. The van der Waals surface area contributed by atoms with Crippen LogP contribution in [0.25, 0.3) is 0 Å². The summed E-state index contributed by atoms with van der Waals surface area (Å²) in [6.07, 6.45) is 5.78. The van der Waals surface area contributed by atoms with Crippen LogP contribution in [0.15, 0.2) is 53.8 Å². The van der Waals surface area contributed by atoms with Crippen molar-refractivity contribution in [2.45, 2.75) is 25.8 Å². The van der Waals surface area contributed by atoms with Crippen LogP contribution in [0.3, 0.4) is 0 Å². The molecule has 1 aliphatic rings. The molecular weight excluding hydrogens is 437 g/mol. The van der Waals surface area contributed by atoms with E-state index >= 15 is 0 Å². The van der Waals surface area contributed by atoms with Crippen molar-refractivity contribution < 1.29 is 0 Å². The van der Waals surface area contributed by atoms with E-state index in [-0.39, 0.29) is 24.0 Å². The molecule has 1 aromatic carbocycles. The highest BCUT2D eigenvalue weighted by molar-refractivity contribution is 14.0. The molecule has 1 fully saturated rings. The third-order valence-electron chi connectivity index (χ3n) is 4.58. The fourth-order valence-electron chi connectivity index (χ4n) is 3.13. The molecule has 0 radical (unpaired) electrons. The molecular formula is C20H28IN5. The molecule has 6 heteroatoms. The van der Waals surface area contributed by atoms with E-state index < -0.39 is 0 Å². The van der Waals surface area contributed by atoms with Crippen molar-refractivity contribution in [1.29, 1.82) is 0 Å². The van der Waals surface area contributed by atoms with Gasteiger partial charge in [0.1, 0.15) is 0 Å². The standard InChI is InChI=1S/C20H27N5.HI/c1-16-5-7-19(8-6-16)25-13-10-18(15-25)24-20(21-2)23-12-9-17-4-3-11-22-14-17;/h3-8,11,14,18H,9-10,12-13,15H2,1-2H3,(H2,21,23,24);1H. The molecule has 1 aromatic heterocycles. The Labute approximate surface area is 173 Å². The first-order valence-corrected chi connectivity index (χ1v) is 8.92. The number of guanidine groups is 1. The number of benzene rings is 1. The number of aromatic nitrogens is 1. The normalized spacial score (nSPS) is 16.9. The van der Waals surface area contributed by atoms with Crippen LogP contribution < -0.4 is 15.5 Å². The smallest absolute Gasteiger partial charge is 0.191 e. The van der Waals surface area contributed by atoms with Gasteiger partial charge in [-0.05, 0) is 43.5 Å². The molecule has 0 aliphatic carbocycles. The minimum absolute atomic E-state index is 0. The second-order valence-corrected chi connectivity index (χ2v) is 6.52. The summed E-state index contributed by atoms with van der Waals surface area (Å²) in [5.74, 6) is 0.875. The molecule has 2 aromatic rings. The maximum Gasteiger partial charge on any atom is 0.191 e. The first-order valence-electron chi connectivity index (χ1n) is 8.92. The van der Waals surface area contributed by atoms with Gasteiger partial charge in [-0.15, -0.1) is 24.0 Å². The summed E-state index contributed by atoms with van der Waals surface area (Å²) in [6, 6.07) is 13.3. The van der Waals surface area contributed by atoms with E-state index in [1.807, 2.05) is 19.3 Å². The minimum atomic E-state index is 0. The average molecular weight is 465 g/mol. The van der Waals surface area contributed by atoms with Crippen LogP contribution in [-0.4, -0.2) is 43.7 Å². The van der Waals surface area contributed by atoms with Gasteiger partial charge in [0.2, 0.25) is 0 Å². The molecule has 0 bridgehead atoms. The largest absolute Gasteiger partial charge is 0.369 e. The molecule has 0 spiro atoms. The van der Waals surface area contributed by atoms with Gasteiger partial charge in [-0.2, -0.15) is 0 Å². The van der Waals surface area contributed by atoms with Gasteiger partial charge in [0.25, 0.3) is 0 Å². The summed E-state index contributed by atoms with van der Waals surface area (Å²) >= 11 is 0. The number of hydrogen-bond acceptors (Lipinski definition) is 3. The quantitative estimate of drug-likeness (QED) is 0.405. The molecule has 0 amide bonds. The van der Waals surface area contributed by atoms with E-state index in [0.29, 0.717) is 6.04 Å². The maximum absolute atomic E-state index is 4.35. The fourth-order valence-corrected chi connectivity index (χ4v) is 3.13. The number of pyridine rings is 1. The lowest BCUT2D eigenvalue weighted by Crippen LogP contribution is -2.45. The molecule has 26 heavy (non-hydrogen) atoms. The number of aliphatic imine (C=N–C) groups is 1. The van der Waals surface area contributed by atoms with Crippen LogP contribution in [-0.2, 0) is 6.42 Å². The number of anilines is 1. The Morgan fingerprint density at radius 2 is 2.08 bits per heavy atom. The van der Waals surface area contributed by atoms with Gasteiger partial charge in [0.15, 0.2) is 5.96 Å². The Morgan fingerprint density at radius 1 is 1.27 bits per heavy atom. The predicted octanol–water partition coefficient (Wildman–Crippen LogP) is 2.99. The van der Waals surface area contributed by atoms with E-state index in [9.17, 15) is 0 Å². The highest BCUT2D eigenvalue weighted by atomic mass is 127. The number of nitrogens with one attached hydrogen (secondary N) is 2. The summed E-state index contributed by atoms with van der Waals surface area (Å²) < 4.78 is 0. The number of aryl methyl sites for hydroxylation is 1. The molecule has 2 N–H and O–H groups in total. The molecule has 1 atom stereocenters. The number of halogens is 1. The third-order valence-corrected chi connectivity index (χ3v) is 4.58. The Hall–Kier alpha value is -1.83. The lowest BCUT2D eigenvalue weighted by molar-refractivity contribution is 0.648. The summed E-state index contributed by atoms with van der Waals surface area (Å²) in [5, 5.41) is 6.94. The molecule has 3 rings (SSSR count). The molecule has 140 valence electrons. The topological polar surface area (TPSA) is 52.6 Å². The zero-order chi connectivity index (χ0) is 17.5. The summed E-state index contributed by atoms with van der Waals surface area (Å²) in [6.45, 7) is 5.05. The summed E-state index contributed by atoms with van der Waals surface area (Å²) in [4.78, 5) is 10.9. The van der Waals surface area contributed by atoms with Crippen LogP contribution >= 0.6 is 24.0 Å². The van der Waals surface area contributed by atoms with E-state index in [1.54, 1.807) is 6.20 Å². The van der Waals surface area contributed by atoms with Crippen LogP contribution in [0.5, 0.6) is 0 Å². The molecule has 0 saturated carbocycles. The van der Waals surface area contributed by atoms with E-state index in [2.05, 4.69) is 62.8 Å². The lowest BCUT2D eigenvalue weighted by Gasteiger charge is -2.20. The maximum atomic E-state index is 4.35. The van der Waals surface area contributed by atoms with Crippen molar-refractivity contribution >= 4 is 35.6 Å². The van der Waals surface area contributed by atoms with Crippen molar-refractivity contribution in [3.63, 3.8) is 0 Å². The molecule has 1 aliphatic heterocycles. The second kappa shape index (κ2) is 10.4. The SMILES string of the molecule is CN=C(NCCc1cccnc1)NC1CCN(c2ccc(C)cc2)C1.I. The van der Waals surface area contributed by atoms with Crippen molar-refractivity contribution in [3.05, 3.63) is 59.9 Å². The van der Waals surface area contributed by atoms with Gasteiger partial charge in [0, 0.05) is 50.8 Å². The Bertz CT molecular complexity index is 687. The second-order valence-electron chi connectivity index (χ2n) is 6.52.